The van der Waals surface area contributed by atoms with Gasteiger partial charge in [-0.1, -0.05) is 5.16 Å². The first-order valence-corrected chi connectivity index (χ1v) is 6.00. The molecule has 0 spiro atoms. The summed E-state index contributed by atoms with van der Waals surface area (Å²) in [5.74, 6) is 0.834. The molecule has 0 bridgehead atoms. The maximum Gasteiger partial charge on any atom is 0.170 e. The van der Waals surface area contributed by atoms with Crippen molar-refractivity contribution in [3.8, 4) is 5.75 Å². The molecule has 0 aliphatic rings. The summed E-state index contributed by atoms with van der Waals surface area (Å²) in [7, 11) is 3.28. The number of nitrogens with two attached hydrogens (primary N) is 1. The average molecular weight is 267 g/mol. The lowest BCUT2D eigenvalue weighted by molar-refractivity contribution is 0.117. The van der Waals surface area contributed by atoms with E-state index in [-0.39, 0.29) is 11.9 Å². The van der Waals surface area contributed by atoms with Gasteiger partial charge in [0, 0.05) is 31.3 Å². The minimum absolute atomic E-state index is 0.0779. The zero-order chi connectivity index (χ0) is 14.3. The van der Waals surface area contributed by atoms with Gasteiger partial charge in [0.15, 0.2) is 5.84 Å². The second kappa shape index (κ2) is 7.60. The lowest BCUT2D eigenvalue weighted by Crippen LogP contribution is -2.26. The molecule has 0 radical (unpaired) electrons. The number of nitrogens with zero attached hydrogens (tertiary/aromatic N) is 1. The van der Waals surface area contributed by atoms with E-state index in [9.17, 15) is 0 Å². The van der Waals surface area contributed by atoms with Crippen molar-refractivity contribution in [3.05, 3.63) is 29.3 Å². The van der Waals surface area contributed by atoms with Crippen LogP contribution in [0.1, 0.15) is 18.1 Å². The van der Waals surface area contributed by atoms with E-state index in [2.05, 4.69) is 10.5 Å². The third-order valence-electron chi connectivity index (χ3n) is 2.83. The smallest absolute Gasteiger partial charge is 0.170 e. The van der Waals surface area contributed by atoms with Gasteiger partial charge in [-0.3, -0.25) is 0 Å². The molecule has 6 heteroatoms. The van der Waals surface area contributed by atoms with Crippen LogP contribution in [0.25, 0.3) is 0 Å². The van der Waals surface area contributed by atoms with Crippen LogP contribution in [-0.4, -0.2) is 37.9 Å². The van der Waals surface area contributed by atoms with Gasteiger partial charge in [0.05, 0.1) is 13.2 Å². The van der Waals surface area contributed by atoms with E-state index >= 15 is 0 Å². The number of nitrogens with one attached hydrogen (secondary N) is 1. The third-order valence-corrected chi connectivity index (χ3v) is 2.83. The fourth-order valence-electron chi connectivity index (χ4n) is 1.63. The van der Waals surface area contributed by atoms with Crippen LogP contribution in [-0.2, 0) is 11.3 Å². The number of oxime groups is 1. The van der Waals surface area contributed by atoms with Crippen LogP contribution in [0, 0.1) is 0 Å². The Morgan fingerprint density at radius 2 is 2.21 bits per heavy atom. The van der Waals surface area contributed by atoms with Crippen molar-refractivity contribution in [2.24, 2.45) is 10.9 Å². The Kier molecular flexibility index (Phi) is 6.11. The Morgan fingerprint density at radius 1 is 1.47 bits per heavy atom. The molecule has 0 saturated carbocycles. The summed E-state index contributed by atoms with van der Waals surface area (Å²) in [5.41, 5.74) is 7.16. The van der Waals surface area contributed by atoms with Crippen LogP contribution < -0.4 is 15.8 Å². The van der Waals surface area contributed by atoms with Gasteiger partial charge in [-0.15, -0.1) is 0 Å². The quantitative estimate of drug-likeness (QED) is 0.296. The van der Waals surface area contributed by atoms with Crippen molar-refractivity contribution in [1.29, 1.82) is 0 Å². The van der Waals surface area contributed by atoms with Crippen LogP contribution in [0.15, 0.2) is 23.4 Å². The van der Waals surface area contributed by atoms with Crippen LogP contribution in [0.2, 0.25) is 0 Å². The van der Waals surface area contributed by atoms with Crippen molar-refractivity contribution in [3.63, 3.8) is 0 Å². The average Bonchev–Trinajstić information content (AvgIpc) is 2.45. The molecule has 1 rings (SSSR count). The lowest BCUT2D eigenvalue weighted by Gasteiger charge is -2.13. The fourth-order valence-corrected chi connectivity index (χ4v) is 1.63. The molecule has 0 heterocycles. The molecule has 4 N–H and O–H groups in total. The summed E-state index contributed by atoms with van der Waals surface area (Å²) in [4.78, 5) is 0. The fraction of sp³-hybridized carbons (Fsp3) is 0.462. The highest BCUT2D eigenvalue weighted by Gasteiger charge is 2.07. The number of ether oxygens (including phenoxy) is 2. The number of hydrogen-bond acceptors (Lipinski definition) is 5. The zero-order valence-electron chi connectivity index (χ0n) is 11.5. The molecule has 1 aromatic carbocycles. The van der Waals surface area contributed by atoms with Crippen LogP contribution in [0.5, 0.6) is 5.75 Å². The van der Waals surface area contributed by atoms with Crippen LogP contribution in [0.3, 0.4) is 0 Å². The Hall–Kier alpha value is -1.79. The Morgan fingerprint density at radius 3 is 2.79 bits per heavy atom. The molecule has 106 valence electrons. The monoisotopic (exact) mass is 267 g/mol. The van der Waals surface area contributed by atoms with Gasteiger partial charge in [0.1, 0.15) is 5.75 Å². The molecule has 0 fully saturated rings. The molecule has 0 aliphatic heterocycles. The summed E-state index contributed by atoms with van der Waals surface area (Å²) >= 11 is 0. The maximum atomic E-state index is 8.69. The highest BCUT2D eigenvalue weighted by molar-refractivity contribution is 5.97. The van der Waals surface area contributed by atoms with E-state index in [0.29, 0.717) is 12.1 Å². The molecule has 19 heavy (non-hydrogen) atoms. The summed E-state index contributed by atoms with van der Waals surface area (Å²) < 4.78 is 10.4. The van der Waals surface area contributed by atoms with Crippen molar-refractivity contribution in [1.82, 2.24) is 5.32 Å². The van der Waals surface area contributed by atoms with Crippen molar-refractivity contribution >= 4 is 5.84 Å². The van der Waals surface area contributed by atoms with Crippen molar-refractivity contribution < 1.29 is 14.7 Å². The SMILES string of the molecule is COc1ccc(/C(N)=N/O)cc1CNCC(C)OC. The molecular weight excluding hydrogens is 246 g/mol. The minimum atomic E-state index is 0.0779. The van der Waals surface area contributed by atoms with E-state index < -0.39 is 0 Å². The van der Waals surface area contributed by atoms with Gasteiger partial charge in [-0.05, 0) is 25.1 Å². The van der Waals surface area contributed by atoms with Gasteiger partial charge in [-0.2, -0.15) is 0 Å². The van der Waals surface area contributed by atoms with Gasteiger partial charge >= 0.3 is 0 Å². The highest BCUT2D eigenvalue weighted by Crippen LogP contribution is 2.19. The van der Waals surface area contributed by atoms with E-state index in [0.717, 1.165) is 17.9 Å². The van der Waals surface area contributed by atoms with E-state index in [1.165, 1.54) is 0 Å². The van der Waals surface area contributed by atoms with Gasteiger partial charge in [0.25, 0.3) is 0 Å². The lowest BCUT2D eigenvalue weighted by atomic mass is 10.1. The number of benzene rings is 1. The molecule has 6 nitrogen and oxygen atoms in total. The molecule has 0 aromatic heterocycles. The van der Waals surface area contributed by atoms with E-state index in [1.807, 2.05) is 13.0 Å². The molecule has 1 atom stereocenters. The standard InChI is InChI=1S/C13H21N3O3/c1-9(18-2)7-15-8-11-6-10(13(14)16-17)4-5-12(11)19-3/h4-6,9,15,17H,7-8H2,1-3H3,(H2,14,16). The summed E-state index contributed by atoms with van der Waals surface area (Å²) in [6.07, 6.45) is 0.137. The van der Waals surface area contributed by atoms with Gasteiger partial charge in [-0.25, -0.2) is 0 Å². The van der Waals surface area contributed by atoms with Crippen molar-refractivity contribution in [2.75, 3.05) is 20.8 Å². The summed E-state index contributed by atoms with van der Waals surface area (Å²) in [6.45, 7) is 3.33. The van der Waals surface area contributed by atoms with Crippen LogP contribution >= 0.6 is 0 Å². The molecule has 0 amide bonds. The molecular formula is C13H21N3O3. The second-order valence-corrected chi connectivity index (χ2v) is 4.19. The first-order chi connectivity index (χ1) is 9.12. The number of rotatable bonds is 7. The minimum Gasteiger partial charge on any atom is -0.496 e. The molecule has 1 aromatic rings. The van der Waals surface area contributed by atoms with Crippen LogP contribution in [0.4, 0.5) is 0 Å². The Labute approximate surface area is 113 Å². The maximum absolute atomic E-state index is 8.69. The molecule has 1 unspecified atom stereocenters. The Balaban J connectivity index is 2.79. The molecule has 0 aliphatic carbocycles. The second-order valence-electron chi connectivity index (χ2n) is 4.19. The predicted molar refractivity (Wildman–Crippen MR) is 73.7 cm³/mol. The topological polar surface area (TPSA) is 89.1 Å². The van der Waals surface area contributed by atoms with Gasteiger partial charge < -0.3 is 25.7 Å². The summed E-state index contributed by atoms with van der Waals surface area (Å²) in [5, 5.41) is 14.9. The Bertz CT molecular complexity index is 435. The first kappa shape index (κ1) is 15.3. The summed E-state index contributed by atoms with van der Waals surface area (Å²) in [6, 6.07) is 5.37. The van der Waals surface area contributed by atoms with E-state index in [4.69, 9.17) is 20.4 Å². The van der Waals surface area contributed by atoms with Crippen molar-refractivity contribution in [2.45, 2.75) is 19.6 Å². The molecule has 0 saturated heterocycles. The number of hydrogen-bond donors (Lipinski definition) is 3. The predicted octanol–water partition coefficient (Wildman–Crippen LogP) is 0.914. The highest BCUT2D eigenvalue weighted by atomic mass is 16.5. The number of amidine groups is 1. The van der Waals surface area contributed by atoms with E-state index in [1.54, 1.807) is 26.4 Å². The number of methoxy groups -OCH3 is 2. The van der Waals surface area contributed by atoms with Gasteiger partial charge in [0.2, 0.25) is 0 Å². The third kappa shape index (κ3) is 4.42. The normalized spacial score (nSPS) is 13.3. The largest absolute Gasteiger partial charge is 0.496 e. The first-order valence-electron chi connectivity index (χ1n) is 6.00. The zero-order valence-corrected chi connectivity index (χ0v) is 11.5.